The number of carbonyl (C=O) groups excluding carboxylic acids is 1. The number of rotatable bonds is 4. The van der Waals surface area contributed by atoms with Gasteiger partial charge in [0.25, 0.3) is 5.91 Å². The smallest absolute Gasteiger partial charge is 0.254 e. The Labute approximate surface area is 123 Å². The molecule has 7 heteroatoms. The summed E-state index contributed by atoms with van der Waals surface area (Å²) in [7, 11) is 0. The largest absolute Gasteiger partial charge is 0.392 e. The van der Waals surface area contributed by atoms with Gasteiger partial charge in [-0.2, -0.15) is 0 Å². The molecule has 0 atom stereocenters. The van der Waals surface area contributed by atoms with Gasteiger partial charge in [-0.05, 0) is 23.8 Å². The van der Waals surface area contributed by atoms with E-state index in [0.717, 1.165) is 6.07 Å². The van der Waals surface area contributed by atoms with E-state index in [9.17, 15) is 22.4 Å². The molecule has 1 amide bonds. The molecule has 2 aromatic carbocycles. The number of amides is 1. The molecule has 0 spiro atoms. The van der Waals surface area contributed by atoms with Crippen LogP contribution in [0.1, 0.15) is 21.5 Å². The molecule has 0 aliphatic heterocycles. The molecule has 0 fully saturated rings. The van der Waals surface area contributed by atoms with Crippen LogP contribution in [0.4, 0.5) is 17.6 Å². The number of halogens is 4. The van der Waals surface area contributed by atoms with E-state index in [1.807, 2.05) is 0 Å². The maximum absolute atomic E-state index is 13.4. The van der Waals surface area contributed by atoms with Gasteiger partial charge < -0.3 is 10.4 Å². The van der Waals surface area contributed by atoms with Crippen molar-refractivity contribution in [2.24, 2.45) is 0 Å². The summed E-state index contributed by atoms with van der Waals surface area (Å²) in [6.45, 7) is -0.601. The molecule has 2 rings (SSSR count). The molecule has 0 aliphatic rings. The number of nitrogens with one attached hydrogen (secondary N) is 1. The van der Waals surface area contributed by atoms with E-state index in [1.54, 1.807) is 0 Å². The highest BCUT2D eigenvalue weighted by Gasteiger charge is 2.16. The molecule has 2 N–H and O–H groups in total. The average Bonchev–Trinajstić information content (AvgIpc) is 2.49. The average molecular weight is 313 g/mol. The lowest BCUT2D eigenvalue weighted by Crippen LogP contribution is -2.24. The molecular formula is C15H11F4NO2. The van der Waals surface area contributed by atoms with Gasteiger partial charge in [-0.15, -0.1) is 0 Å². The molecule has 2 aromatic rings. The van der Waals surface area contributed by atoms with Gasteiger partial charge in [-0.3, -0.25) is 4.79 Å². The second-order valence-electron chi connectivity index (χ2n) is 4.51. The normalized spacial score (nSPS) is 10.6. The standard InChI is InChI=1S/C15H11F4NO2/c16-11-2-1-8(3-9(11)7-21)6-20-15(22)10-4-13(18)14(19)5-12(10)17/h1-5,21H,6-7H2,(H,20,22). The van der Waals surface area contributed by atoms with Gasteiger partial charge in [0.2, 0.25) is 0 Å². The van der Waals surface area contributed by atoms with E-state index in [2.05, 4.69) is 5.32 Å². The number of hydrogen-bond donors (Lipinski definition) is 2. The first-order valence-electron chi connectivity index (χ1n) is 6.23. The SMILES string of the molecule is O=C(NCc1ccc(F)c(CO)c1)c1cc(F)c(F)cc1F. The molecule has 3 nitrogen and oxygen atoms in total. The topological polar surface area (TPSA) is 49.3 Å². The Morgan fingerprint density at radius 2 is 1.64 bits per heavy atom. The second-order valence-corrected chi connectivity index (χ2v) is 4.51. The summed E-state index contributed by atoms with van der Waals surface area (Å²) in [5.41, 5.74) is -0.129. The number of carbonyl (C=O) groups is 1. The molecule has 0 bridgehead atoms. The molecule has 0 saturated heterocycles. The van der Waals surface area contributed by atoms with Gasteiger partial charge >= 0.3 is 0 Å². The van der Waals surface area contributed by atoms with Gasteiger partial charge in [0.05, 0.1) is 12.2 Å². The Hall–Kier alpha value is -2.41. The van der Waals surface area contributed by atoms with Crippen LogP contribution < -0.4 is 5.32 Å². The predicted molar refractivity (Wildman–Crippen MR) is 69.8 cm³/mol. The molecule has 0 unspecified atom stereocenters. The Bertz CT molecular complexity index is 719. The van der Waals surface area contributed by atoms with Crippen molar-refractivity contribution in [1.82, 2.24) is 5.32 Å². The predicted octanol–water partition coefficient (Wildman–Crippen LogP) is 2.67. The quantitative estimate of drug-likeness (QED) is 0.673. The van der Waals surface area contributed by atoms with Crippen LogP contribution in [0, 0.1) is 23.3 Å². The van der Waals surface area contributed by atoms with Crippen molar-refractivity contribution in [3.8, 4) is 0 Å². The second kappa shape index (κ2) is 6.57. The lowest BCUT2D eigenvalue weighted by Gasteiger charge is -2.08. The summed E-state index contributed by atoms with van der Waals surface area (Å²) >= 11 is 0. The first-order valence-corrected chi connectivity index (χ1v) is 6.23. The highest BCUT2D eigenvalue weighted by Crippen LogP contribution is 2.14. The molecule has 0 saturated carbocycles. The van der Waals surface area contributed by atoms with Gasteiger partial charge in [-0.1, -0.05) is 6.07 Å². The highest BCUT2D eigenvalue weighted by atomic mass is 19.2. The minimum Gasteiger partial charge on any atom is -0.392 e. The number of aliphatic hydroxyl groups excluding tert-OH is 1. The molecule has 0 aromatic heterocycles. The van der Waals surface area contributed by atoms with E-state index >= 15 is 0 Å². The summed E-state index contributed by atoms with van der Waals surface area (Å²) in [6, 6.07) is 4.56. The van der Waals surface area contributed by atoms with Crippen molar-refractivity contribution in [3.05, 3.63) is 70.3 Å². The van der Waals surface area contributed by atoms with Crippen LogP contribution in [0.3, 0.4) is 0 Å². The molecule has 22 heavy (non-hydrogen) atoms. The van der Waals surface area contributed by atoms with Crippen molar-refractivity contribution in [2.75, 3.05) is 0 Å². The minimum atomic E-state index is -1.39. The zero-order valence-electron chi connectivity index (χ0n) is 11.2. The lowest BCUT2D eigenvalue weighted by atomic mass is 10.1. The van der Waals surface area contributed by atoms with Crippen LogP contribution in [0.25, 0.3) is 0 Å². The third-order valence-corrected chi connectivity index (χ3v) is 2.99. The van der Waals surface area contributed by atoms with E-state index in [0.29, 0.717) is 11.6 Å². The summed E-state index contributed by atoms with van der Waals surface area (Å²) in [6.07, 6.45) is 0. The fourth-order valence-corrected chi connectivity index (χ4v) is 1.83. The first-order chi connectivity index (χ1) is 10.4. The van der Waals surface area contributed by atoms with E-state index in [4.69, 9.17) is 5.11 Å². The Morgan fingerprint density at radius 3 is 2.32 bits per heavy atom. The highest BCUT2D eigenvalue weighted by molar-refractivity contribution is 5.94. The monoisotopic (exact) mass is 313 g/mol. The number of hydrogen-bond acceptors (Lipinski definition) is 2. The zero-order valence-corrected chi connectivity index (χ0v) is 11.2. The van der Waals surface area contributed by atoms with Gasteiger partial charge in [-0.25, -0.2) is 17.6 Å². The Morgan fingerprint density at radius 1 is 0.955 bits per heavy atom. The summed E-state index contributed by atoms with van der Waals surface area (Å²) in [5.74, 6) is -5.45. The van der Waals surface area contributed by atoms with Crippen molar-refractivity contribution >= 4 is 5.91 Å². The van der Waals surface area contributed by atoms with E-state index in [-0.39, 0.29) is 18.2 Å². The maximum atomic E-state index is 13.4. The van der Waals surface area contributed by atoms with Crippen molar-refractivity contribution in [2.45, 2.75) is 13.2 Å². The summed E-state index contributed by atoms with van der Waals surface area (Å²) in [4.78, 5) is 11.8. The molecule has 0 radical (unpaired) electrons. The van der Waals surface area contributed by atoms with E-state index in [1.165, 1.54) is 12.1 Å². The summed E-state index contributed by atoms with van der Waals surface area (Å²) in [5, 5.41) is 11.2. The van der Waals surface area contributed by atoms with Crippen LogP contribution in [-0.2, 0) is 13.2 Å². The fraction of sp³-hybridized carbons (Fsp3) is 0.133. The molecule has 0 aliphatic carbocycles. The first kappa shape index (κ1) is 16.0. The van der Waals surface area contributed by atoms with Crippen molar-refractivity contribution in [1.29, 1.82) is 0 Å². The third-order valence-electron chi connectivity index (χ3n) is 2.99. The maximum Gasteiger partial charge on any atom is 0.254 e. The Balaban J connectivity index is 2.12. The molecule has 0 heterocycles. The summed E-state index contributed by atoms with van der Waals surface area (Å²) < 4.78 is 52.4. The molecular weight excluding hydrogens is 302 g/mol. The van der Waals surface area contributed by atoms with Gasteiger partial charge in [0.15, 0.2) is 11.6 Å². The number of aliphatic hydroxyl groups is 1. The third kappa shape index (κ3) is 3.43. The van der Waals surface area contributed by atoms with Crippen molar-refractivity contribution < 1.29 is 27.5 Å². The van der Waals surface area contributed by atoms with Crippen LogP contribution in [0.5, 0.6) is 0 Å². The molecule has 116 valence electrons. The number of benzene rings is 2. The lowest BCUT2D eigenvalue weighted by molar-refractivity contribution is 0.0946. The van der Waals surface area contributed by atoms with E-state index < -0.39 is 41.3 Å². The fourth-order valence-electron chi connectivity index (χ4n) is 1.83. The van der Waals surface area contributed by atoms with Crippen LogP contribution in [0.2, 0.25) is 0 Å². The Kier molecular flexibility index (Phi) is 4.77. The van der Waals surface area contributed by atoms with Gasteiger partial charge in [0, 0.05) is 18.2 Å². The van der Waals surface area contributed by atoms with Gasteiger partial charge in [0.1, 0.15) is 11.6 Å². The zero-order chi connectivity index (χ0) is 16.3. The van der Waals surface area contributed by atoms with Crippen molar-refractivity contribution in [3.63, 3.8) is 0 Å². The van der Waals surface area contributed by atoms with Crippen LogP contribution >= 0.6 is 0 Å². The van der Waals surface area contributed by atoms with Crippen LogP contribution in [0.15, 0.2) is 30.3 Å². The minimum absolute atomic E-state index is 0.0470. The van der Waals surface area contributed by atoms with Crippen LogP contribution in [-0.4, -0.2) is 11.0 Å².